The molecule has 1 aliphatic carbocycles. The number of ether oxygens (including phenoxy) is 1. The number of nitrogens with zero attached hydrogens (tertiary/aromatic N) is 1. The lowest BCUT2D eigenvalue weighted by Crippen LogP contribution is -2.20. The van der Waals surface area contributed by atoms with Crippen molar-refractivity contribution < 1.29 is 4.74 Å². The highest BCUT2D eigenvalue weighted by atomic mass is 16.5. The molecular weight excluding hydrogens is 222 g/mol. The van der Waals surface area contributed by atoms with Crippen LogP contribution in [0.4, 0.5) is 0 Å². The Kier molecular flexibility index (Phi) is 4.05. The number of allylic oxidation sites excluding steroid dienone is 4. The number of hydrogen-bond donors (Lipinski definition) is 0. The van der Waals surface area contributed by atoms with Crippen LogP contribution in [0, 0.1) is 17.8 Å². The van der Waals surface area contributed by atoms with E-state index in [-0.39, 0.29) is 0 Å². The van der Waals surface area contributed by atoms with Gasteiger partial charge in [-0.3, -0.25) is 0 Å². The maximum atomic E-state index is 5.79. The zero-order valence-electron chi connectivity index (χ0n) is 11.6. The molecule has 98 valence electrons. The SMILES string of the molecule is C=CC[C@@H]1C=CC=C(C2=N[C@@H](C(C)C)CO2)[C@H]1C. The molecule has 0 radical (unpaired) electrons. The number of aliphatic imine (C=N–C) groups is 1. The zero-order chi connectivity index (χ0) is 13.1. The molecule has 0 spiro atoms. The summed E-state index contributed by atoms with van der Waals surface area (Å²) in [5, 5.41) is 0. The molecule has 3 atom stereocenters. The fraction of sp³-hybridized carbons (Fsp3) is 0.562. The minimum atomic E-state index is 0.317. The third-order valence-electron chi connectivity index (χ3n) is 3.90. The van der Waals surface area contributed by atoms with E-state index in [1.807, 2.05) is 6.08 Å². The molecule has 0 N–H and O–H groups in total. The van der Waals surface area contributed by atoms with Gasteiger partial charge in [-0.25, -0.2) is 4.99 Å². The van der Waals surface area contributed by atoms with E-state index < -0.39 is 0 Å². The summed E-state index contributed by atoms with van der Waals surface area (Å²) in [6.45, 7) is 11.2. The van der Waals surface area contributed by atoms with Crippen molar-refractivity contribution in [2.75, 3.05) is 6.61 Å². The summed E-state index contributed by atoms with van der Waals surface area (Å²) in [5.41, 5.74) is 1.24. The van der Waals surface area contributed by atoms with Crippen LogP contribution in [0.25, 0.3) is 0 Å². The summed E-state index contributed by atoms with van der Waals surface area (Å²) in [6.07, 6.45) is 9.52. The van der Waals surface area contributed by atoms with Gasteiger partial charge in [-0.15, -0.1) is 6.58 Å². The lowest BCUT2D eigenvalue weighted by molar-refractivity contribution is 0.288. The van der Waals surface area contributed by atoms with Crippen molar-refractivity contribution in [3.05, 3.63) is 36.5 Å². The Morgan fingerprint density at radius 3 is 2.94 bits per heavy atom. The highest BCUT2D eigenvalue weighted by Gasteiger charge is 2.29. The second kappa shape index (κ2) is 5.55. The van der Waals surface area contributed by atoms with Gasteiger partial charge in [0.2, 0.25) is 5.90 Å². The van der Waals surface area contributed by atoms with Crippen LogP contribution >= 0.6 is 0 Å². The van der Waals surface area contributed by atoms with Crippen LogP contribution in [0.1, 0.15) is 27.2 Å². The van der Waals surface area contributed by atoms with E-state index in [9.17, 15) is 0 Å². The quantitative estimate of drug-likeness (QED) is 0.691. The van der Waals surface area contributed by atoms with E-state index in [1.165, 1.54) is 5.57 Å². The first-order chi connectivity index (χ1) is 8.63. The van der Waals surface area contributed by atoms with Crippen LogP contribution in [-0.2, 0) is 4.74 Å². The summed E-state index contributed by atoms with van der Waals surface area (Å²) in [5.74, 6) is 2.38. The number of rotatable bonds is 4. The minimum absolute atomic E-state index is 0.317. The van der Waals surface area contributed by atoms with Gasteiger partial charge in [0.15, 0.2) is 0 Å². The van der Waals surface area contributed by atoms with Gasteiger partial charge in [0.1, 0.15) is 6.61 Å². The summed E-state index contributed by atoms with van der Waals surface area (Å²) >= 11 is 0. The first kappa shape index (κ1) is 13.1. The van der Waals surface area contributed by atoms with Crippen molar-refractivity contribution in [2.45, 2.75) is 33.2 Å². The fourth-order valence-corrected chi connectivity index (χ4v) is 2.48. The van der Waals surface area contributed by atoms with Crippen LogP contribution < -0.4 is 0 Å². The van der Waals surface area contributed by atoms with E-state index in [1.54, 1.807) is 0 Å². The van der Waals surface area contributed by atoms with E-state index >= 15 is 0 Å². The lowest BCUT2D eigenvalue weighted by Gasteiger charge is -2.25. The van der Waals surface area contributed by atoms with Gasteiger partial charge < -0.3 is 4.74 Å². The van der Waals surface area contributed by atoms with Gasteiger partial charge in [-0.05, 0) is 24.2 Å². The average molecular weight is 245 g/mol. The Labute approximate surface area is 110 Å². The smallest absolute Gasteiger partial charge is 0.212 e. The Morgan fingerprint density at radius 1 is 1.56 bits per heavy atom. The molecule has 0 unspecified atom stereocenters. The van der Waals surface area contributed by atoms with Crippen LogP contribution in [-0.4, -0.2) is 18.5 Å². The summed E-state index contributed by atoms with van der Waals surface area (Å²) in [4.78, 5) is 4.72. The monoisotopic (exact) mass is 245 g/mol. The molecule has 0 aromatic rings. The molecule has 0 aromatic heterocycles. The van der Waals surface area contributed by atoms with Crippen LogP contribution in [0.3, 0.4) is 0 Å². The maximum Gasteiger partial charge on any atom is 0.212 e. The lowest BCUT2D eigenvalue weighted by atomic mass is 9.81. The second-order valence-corrected chi connectivity index (χ2v) is 5.54. The third-order valence-corrected chi connectivity index (χ3v) is 3.90. The molecule has 2 aliphatic rings. The zero-order valence-corrected chi connectivity index (χ0v) is 11.6. The molecule has 0 saturated carbocycles. The highest BCUT2D eigenvalue weighted by molar-refractivity contribution is 5.95. The van der Waals surface area contributed by atoms with Gasteiger partial charge in [-0.1, -0.05) is 45.1 Å². The Bertz CT molecular complexity index is 403. The maximum absolute atomic E-state index is 5.79. The molecular formula is C16H23NO. The van der Waals surface area contributed by atoms with Crippen molar-refractivity contribution >= 4 is 5.90 Å². The summed E-state index contributed by atoms with van der Waals surface area (Å²) in [7, 11) is 0. The molecule has 2 rings (SSSR count). The largest absolute Gasteiger partial charge is 0.475 e. The van der Waals surface area contributed by atoms with Crippen molar-refractivity contribution in [2.24, 2.45) is 22.7 Å². The van der Waals surface area contributed by atoms with Gasteiger partial charge in [-0.2, -0.15) is 0 Å². The molecule has 0 bridgehead atoms. The molecule has 0 amide bonds. The third kappa shape index (κ3) is 2.58. The standard InChI is InChI=1S/C16H23NO/c1-5-7-13-8-6-9-14(12(13)4)16-17-15(10-18-16)11(2)3/h5-6,8-9,11-13,15H,1,7,10H2,2-4H3/t12-,13+,15+/m0/s1. The van der Waals surface area contributed by atoms with Gasteiger partial charge >= 0.3 is 0 Å². The topological polar surface area (TPSA) is 21.6 Å². The van der Waals surface area contributed by atoms with Gasteiger partial charge in [0, 0.05) is 5.57 Å². The van der Waals surface area contributed by atoms with Gasteiger partial charge in [0.25, 0.3) is 0 Å². The van der Waals surface area contributed by atoms with Crippen LogP contribution in [0.2, 0.25) is 0 Å². The predicted molar refractivity (Wildman–Crippen MR) is 76.7 cm³/mol. The second-order valence-electron chi connectivity index (χ2n) is 5.54. The van der Waals surface area contributed by atoms with E-state index in [0.29, 0.717) is 23.8 Å². The molecule has 1 aliphatic heterocycles. The fourth-order valence-electron chi connectivity index (χ4n) is 2.48. The Morgan fingerprint density at radius 2 is 2.33 bits per heavy atom. The number of hydrogen-bond acceptors (Lipinski definition) is 2. The molecule has 1 heterocycles. The van der Waals surface area contributed by atoms with E-state index in [2.05, 4.69) is 45.6 Å². The average Bonchev–Trinajstić information content (AvgIpc) is 2.81. The van der Waals surface area contributed by atoms with Crippen molar-refractivity contribution in [1.82, 2.24) is 0 Å². The normalized spacial score (nSPS) is 31.0. The van der Waals surface area contributed by atoms with E-state index in [4.69, 9.17) is 9.73 Å². The van der Waals surface area contributed by atoms with Crippen molar-refractivity contribution in [3.63, 3.8) is 0 Å². The molecule has 2 heteroatoms. The first-order valence-corrected chi connectivity index (χ1v) is 6.83. The van der Waals surface area contributed by atoms with Gasteiger partial charge in [0.05, 0.1) is 6.04 Å². The predicted octanol–water partition coefficient (Wildman–Crippen LogP) is 3.76. The van der Waals surface area contributed by atoms with E-state index in [0.717, 1.165) is 18.9 Å². The van der Waals surface area contributed by atoms with Crippen molar-refractivity contribution in [1.29, 1.82) is 0 Å². The Hall–Kier alpha value is -1.31. The molecule has 2 nitrogen and oxygen atoms in total. The van der Waals surface area contributed by atoms with Crippen LogP contribution in [0.15, 0.2) is 41.4 Å². The highest BCUT2D eigenvalue weighted by Crippen LogP contribution is 2.31. The Balaban J connectivity index is 2.14. The first-order valence-electron chi connectivity index (χ1n) is 6.83. The summed E-state index contributed by atoms with van der Waals surface area (Å²) in [6, 6.07) is 0.317. The minimum Gasteiger partial charge on any atom is -0.475 e. The summed E-state index contributed by atoms with van der Waals surface area (Å²) < 4.78 is 5.79. The molecule has 18 heavy (non-hydrogen) atoms. The van der Waals surface area contributed by atoms with Crippen LogP contribution in [0.5, 0.6) is 0 Å². The molecule has 0 aromatic carbocycles. The molecule has 0 saturated heterocycles. The van der Waals surface area contributed by atoms with Crippen molar-refractivity contribution in [3.8, 4) is 0 Å². The molecule has 0 fully saturated rings.